The molecule has 4 N–H and O–H groups in total. The smallest absolute Gasteiger partial charge is 0.0972 e. The van der Waals surface area contributed by atoms with Gasteiger partial charge in [0.1, 0.15) is 0 Å². The van der Waals surface area contributed by atoms with Crippen molar-refractivity contribution in [3.8, 4) is 0 Å². The first-order valence-electron chi connectivity index (χ1n) is 9.49. The molecule has 0 saturated heterocycles. The van der Waals surface area contributed by atoms with Gasteiger partial charge in [-0.2, -0.15) is 0 Å². The average molecular weight is 336 g/mol. The van der Waals surface area contributed by atoms with E-state index in [0.717, 1.165) is 25.7 Å². The Hall–Kier alpha value is -0.420. The van der Waals surface area contributed by atoms with Gasteiger partial charge in [0.05, 0.1) is 24.4 Å². The van der Waals surface area contributed by atoms with Gasteiger partial charge in [0.25, 0.3) is 0 Å². The highest BCUT2D eigenvalue weighted by molar-refractivity contribution is 5.29. The first kappa shape index (κ1) is 17.0. The van der Waals surface area contributed by atoms with Crippen molar-refractivity contribution in [2.75, 3.05) is 6.61 Å². The molecule has 5 aliphatic rings. The van der Waals surface area contributed by atoms with Crippen LogP contribution in [0.5, 0.6) is 0 Å². The summed E-state index contributed by atoms with van der Waals surface area (Å²) in [6, 6.07) is 0. The van der Waals surface area contributed by atoms with E-state index in [-0.39, 0.29) is 40.8 Å². The van der Waals surface area contributed by atoms with E-state index >= 15 is 0 Å². The molecule has 4 heteroatoms. The Morgan fingerprint density at radius 3 is 2.46 bits per heavy atom. The maximum atomic E-state index is 11.2. The van der Waals surface area contributed by atoms with Crippen LogP contribution in [0.2, 0.25) is 0 Å². The van der Waals surface area contributed by atoms with Crippen molar-refractivity contribution < 1.29 is 20.4 Å². The summed E-state index contributed by atoms with van der Waals surface area (Å²) in [4.78, 5) is 0. The fourth-order valence-corrected chi connectivity index (χ4v) is 7.51. The molecule has 5 aliphatic carbocycles. The molecule has 0 aromatic rings. The number of hydrogen-bond acceptors (Lipinski definition) is 4. The monoisotopic (exact) mass is 336 g/mol. The fraction of sp³-hybridized carbons (Fsp3) is 0.900. The van der Waals surface area contributed by atoms with Gasteiger partial charge < -0.3 is 20.4 Å². The van der Waals surface area contributed by atoms with Gasteiger partial charge in [-0.25, -0.2) is 0 Å². The van der Waals surface area contributed by atoms with Crippen LogP contribution in [0.15, 0.2) is 12.2 Å². The van der Waals surface area contributed by atoms with E-state index in [1.165, 1.54) is 0 Å². The van der Waals surface area contributed by atoms with Crippen LogP contribution in [0.4, 0.5) is 0 Å². The highest BCUT2D eigenvalue weighted by Crippen LogP contribution is 2.70. The Kier molecular flexibility index (Phi) is 3.44. The van der Waals surface area contributed by atoms with Crippen molar-refractivity contribution in [3.05, 3.63) is 12.2 Å². The zero-order valence-corrected chi connectivity index (χ0v) is 15.1. The topological polar surface area (TPSA) is 80.9 Å². The van der Waals surface area contributed by atoms with Crippen LogP contribution in [-0.2, 0) is 0 Å². The summed E-state index contributed by atoms with van der Waals surface area (Å²) >= 11 is 0. The predicted molar refractivity (Wildman–Crippen MR) is 91.1 cm³/mol. The standard InChI is InChI=1S/C20H32O4/c1-17(2)13-5-9-19-8-4-12(20(24,10-19)11-21)15(23)16(19)18(13,3)7-6-14(17)22/h4,8,12-16,21-24H,5-7,9-11H2,1-3H3/t12-,13+,14+,15+,16-,18+,19+,20+/m0/s1. The molecule has 0 heterocycles. The highest BCUT2D eigenvalue weighted by atomic mass is 16.3. The maximum absolute atomic E-state index is 11.2. The normalized spacial score (nSPS) is 58.2. The molecule has 0 unspecified atom stereocenters. The van der Waals surface area contributed by atoms with Crippen LogP contribution in [0, 0.1) is 34.0 Å². The van der Waals surface area contributed by atoms with Crippen molar-refractivity contribution in [2.45, 2.75) is 70.7 Å². The molecule has 4 nitrogen and oxygen atoms in total. The average Bonchev–Trinajstić information content (AvgIpc) is 2.51. The number of aliphatic hydroxyl groups excluding tert-OH is 3. The minimum Gasteiger partial charge on any atom is -0.393 e. The van der Waals surface area contributed by atoms with Crippen molar-refractivity contribution in [3.63, 3.8) is 0 Å². The van der Waals surface area contributed by atoms with E-state index in [0.29, 0.717) is 12.3 Å². The second-order valence-electron chi connectivity index (χ2n) is 10.00. The Morgan fingerprint density at radius 1 is 1.08 bits per heavy atom. The van der Waals surface area contributed by atoms with Crippen LogP contribution in [0.3, 0.4) is 0 Å². The number of rotatable bonds is 1. The van der Waals surface area contributed by atoms with E-state index in [9.17, 15) is 20.4 Å². The lowest BCUT2D eigenvalue weighted by Gasteiger charge is -2.69. The largest absolute Gasteiger partial charge is 0.393 e. The molecule has 2 bridgehead atoms. The highest BCUT2D eigenvalue weighted by Gasteiger charge is 2.69. The molecule has 0 amide bonds. The molecule has 0 aromatic carbocycles. The lowest BCUT2D eigenvalue weighted by atomic mass is 9.36. The van der Waals surface area contributed by atoms with Crippen LogP contribution in [-0.4, -0.2) is 44.8 Å². The van der Waals surface area contributed by atoms with Crippen LogP contribution in [0.25, 0.3) is 0 Å². The fourth-order valence-electron chi connectivity index (χ4n) is 7.51. The Balaban J connectivity index is 1.80. The Bertz CT molecular complexity index is 572. The first-order valence-corrected chi connectivity index (χ1v) is 9.49. The summed E-state index contributed by atoms with van der Waals surface area (Å²) in [5, 5.41) is 42.4. The van der Waals surface area contributed by atoms with Crippen molar-refractivity contribution >= 4 is 0 Å². The lowest BCUT2D eigenvalue weighted by molar-refractivity contribution is -0.254. The van der Waals surface area contributed by atoms with Gasteiger partial charge in [-0.1, -0.05) is 32.9 Å². The molecule has 3 fully saturated rings. The zero-order chi connectivity index (χ0) is 17.5. The quantitative estimate of drug-likeness (QED) is 0.551. The van der Waals surface area contributed by atoms with Gasteiger partial charge in [-0.3, -0.25) is 0 Å². The molecule has 0 aliphatic heterocycles. The molecule has 8 atom stereocenters. The third-order valence-corrected chi connectivity index (χ3v) is 8.61. The van der Waals surface area contributed by atoms with Gasteiger partial charge in [0.2, 0.25) is 0 Å². The number of fused-ring (bicyclic) bond motifs is 2. The molecule has 24 heavy (non-hydrogen) atoms. The SMILES string of the molecule is CC1(C)[C@H](O)CC[C@]2(C)[C@@H]1CC[C@@]13C=C[C@@H]([C@@H](O)[C@H]12)[C@](O)(CO)C3. The van der Waals surface area contributed by atoms with Crippen molar-refractivity contribution in [1.29, 1.82) is 0 Å². The van der Waals surface area contributed by atoms with Gasteiger partial charge in [0, 0.05) is 11.8 Å². The third-order valence-electron chi connectivity index (χ3n) is 8.61. The van der Waals surface area contributed by atoms with Gasteiger partial charge >= 0.3 is 0 Å². The van der Waals surface area contributed by atoms with Gasteiger partial charge in [-0.05, 0) is 54.3 Å². The van der Waals surface area contributed by atoms with Crippen molar-refractivity contribution in [2.24, 2.45) is 34.0 Å². The number of allylic oxidation sites excluding steroid dienone is 1. The molecule has 0 aromatic heterocycles. The second kappa shape index (κ2) is 4.85. The van der Waals surface area contributed by atoms with E-state index in [1.54, 1.807) is 0 Å². The molecule has 0 radical (unpaired) electrons. The minimum absolute atomic E-state index is 0.0415. The predicted octanol–water partition coefficient (Wildman–Crippen LogP) is 1.86. The van der Waals surface area contributed by atoms with E-state index in [2.05, 4.69) is 26.8 Å². The van der Waals surface area contributed by atoms with Gasteiger partial charge in [-0.15, -0.1) is 0 Å². The first-order chi connectivity index (χ1) is 11.1. The summed E-state index contributed by atoms with van der Waals surface area (Å²) in [7, 11) is 0. The van der Waals surface area contributed by atoms with Crippen LogP contribution < -0.4 is 0 Å². The summed E-state index contributed by atoms with van der Waals surface area (Å²) in [5.41, 5.74) is -1.62. The van der Waals surface area contributed by atoms with Crippen LogP contribution >= 0.6 is 0 Å². The van der Waals surface area contributed by atoms with E-state index in [4.69, 9.17) is 0 Å². The van der Waals surface area contributed by atoms with Crippen molar-refractivity contribution in [1.82, 2.24) is 0 Å². The second-order valence-corrected chi connectivity index (χ2v) is 10.00. The third kappa shape index (κ3) is 1.83. The van der Waals surface area contributed by atoms with Crippen LogP contribution in [0.1, 0.15) is 52.9 Å². The minimum atomic E-state index is -1.20. The summed E-state index contributed by atoms with van der Waals surface area (Å²) in [5.74, 6) is 0.0752. The molecule has 136 valence electrons. The molecule has 5 rings (SSSR count). The summed E-state index contributed by atoms with van der Waals surface area (Å²) < 4.78 is 0. The molecular weight excluding hydrogens is 304 g/mol. The number of hydrogen-bond donors (Lipinski definition) is 4. The number of aliphatic hydroxyl groups is 4. The Morgan fingerprint density at radius 2 is 1.79 bits per heavy atom. The lowest BCUT2D eigenvalue weighted by Crippen LogP contribution is -2.70. The molecule has 1 spiro atoms. The zero-order valence-electron chi connectivity index (χ0n) is 15.1. The van der Waals surface area contributed by atoms with E-state index < -0.39 is 11.7 Å². The molecule has 3 saturated carbocycles. The summed E-state index contributed by atoms with van der Waals surface area (Å²) in [6.07, 6.45) is 7.43. The Labute approximate surface area is 144 Å². The summed E-state index contributed by atoms with van der Waals surface area (Å²) in [6.45, 7) is 6.35. The molecular formula is C20H32O4. The van der Waals surface area contributed by atoms with E-state index in [1.807, 2.05) is 6.08 Å². The van der Waals surface area contributed by atoms with Gasteiger partial charge in [0.15, 0.2) is 0 Å². The maximum Gasteiger partial charge on any atom is 0.0972 e.